The van der Waals surface area contributed by atoms with E-state index in [-0.39, 0.29) is 12.4 Å². The Morgan fingerprint density at radius 1 is 1.37 bits per heavy atom. The molecule has 1 fully saturated rings. The lowest BCUT2D eigenvalue weighted by Crippen LogP contribution is -2.56. The summed E-state index contributed by atoms with van der Waals surface area (Å²) in [6.45, 7) is 4.21. The largest absolute Gasteiger partial charge is 0.387 e. The zero-order chi connectivity index (χ0) is 13.9. The van der Waals surface area contributed by atoms with E-state index in [0.29, 0.717) is 13.0 Å². The Hall–Kier alpha value is -0.940. The van der Waals surface area contributed by atoms with Crippen molar-refractivity contribution >= 4 is 0 Å². The van der Waals surface area contributed by atoms with E-state index in [0.717, 1.165) is 5.56 Å². The van der Waals surface area contributed by atoms with Crippen LogP contribution in [0, 0.1) is 0 Å². The van der Waals surface area contributed by atoms with Gasteiger partial charge in [-0.15, -0.1) is 0 Å². The summed E-state index contributed by atoms with van der Waals surface area (Å²) in [6.07, 6.45) is -0.793. The molecule has 0 saturated carbocycles. The van der Waals surface area contributed by atoms with Crippen LogP contribution < -0.4 is 0 Å². The first-order valence-electron chi connectivity index (χ1n) is 6.59. The summed E-state index contributed by atoms with van der Waals surface area (Å²) in [4.78, 5) is 0. The Balaban J connectivity index is 1.94. The first kappa shape index (κ1) is 14.5. The second kappa shape index (κ2) is 6.01. The summed E-state index contributed by atoms with van der Waals surface area (Å²) in [6, 6.07) is 9.95. The molecule has 0 bridgehead atoms. The van der Waals surface area contributed by atoms with Crippen molar-refractivity contribution in [3.05, 3.63) is 35.9 Å². The van der Waals surface area contributed by atoms with Crippen LogP contribution in [0.4, 0.5) is 0 Å². The van der Waals surface area contributed by atoms with Gasteiger partial charge in [-0.1, -0.05) is 30.3 Å². The Kier molecular flexibility index (Phi) is 4.58. The SMILES string of the molecule is CO[C@]1(C)C[C@H](OCc2ccccc2)O[C@@H](C)[C@@H]1O. The predicted molar refractivity (Wildman–Crippen MR) is 71.6 cm³/mol. The summed E-state index contributed by atoms with van der Waals surface area (Å²) in [5.74, 6) is 0. The minimum absolute atomic E-state index is 0.306. The molecule has 1 heterocycles. The van der Waals surface area contributed by atoms with E-state index < -0.39 is 11.7 Å². The fourth-order valence-corrected chi connectivity index (χ4v) is 2.38. The van der Waals surface area contributed by atoms with Gasteiger partial charge >= 0.3 is 0 Å². The molecule has 1 aromatic carbocycles. The van der Waals surface area contributed by atoms with Gasteiger partial charge in [-0.2, -0.15) is 0 Å². The Morgan fingerprint density at radius 2 is 2.05 bits per heavy atom. The van der Waals surface area contributed by atoms with E-state index in [1.165, 1.54) is 0 Å². The third-order valence-electron chi connectivity index (χ3n) is 3.75. The number of hydrogen-bond acceptors (Lipinski definition) is 4. The maximum absolute atomic E-state index is 10.1. The normalized spacial score (nSPS) is 35.3. The highest BCUT2D eigenvalue weighted by molar-refractivity contribution is 5.13. The van der Waals surface area contributed by atoms with E-state index >= 15 is 0 Å². The van der Waals surface area contributed by atoms with Crippen LogP contribution >= 0.6 is 0 Å². The summed E-state index contributed by atoms with van der Waals surface area (Å²) in [7, 11) is 1.61. The highest BCUT2D eigenvalue weighted by Crippen LogP contribution is 2.32. The van der Waals surface area contributed by atoms with Crippen molar-refractivity contribution in [2.24, 2.45) is 0 Å². The zero-order valence-electron chi connectivity index (χ0n) is 11.7. The molecule has 19 heavy (non-hydrogen) atoms. The average molecular weight is 266 g/mol. The molecule has 1 saturated heterocycles. The smallest absolute Gasteiger partial charge is 0.161 e. The third-order valence-corrected chi connectivity index (χ3v) is 3.75. The number of hydrogen-bond donors (Lipinski definition) is 1. The molecular formula is C15H22O4. The van der Waals surface area contributed by atoms with Gasteiger partial charge in [0.25, 0.3) is 0 Å². The van der Waals surface area contributed by atoms with Crippen LogP contribution in [0.25, 0.3) is 0 Å². The number of aliphatic hydroxyl groups excluding tert-OH is 1. The maximum atomic E-state index is 10.1. The van der Waals surface area contributed by atoms with Crippen LogP contribution in [0.15, 0.2) is 30.3 Å². The van der Waals surface area contributed by atoms with Gasteiger partial charge < -0.3 is 19.3 Å². The monoisotopic (exact) mass is 266 g/mol. The van der Waals surface area contributed by atoms with Crippen LogP contribution in [-0.2, 0) is 20.8 Å². The lowest BCUT2D eigenvalue weighted by atomic mass is 9.88. The van der Waals surface area contributed by atoms with Gasteiger partial charge in [0.1, 0.15) is 6.10 Å². The minimum Gasteiger partial charge on any atom is -0.387 e. The van der Waals surface area contributed by atoms with Gasteiger partial charge in [0, 0.05) is 13.5 Å². The van der Waals surface area contributed by atoms with Crippen molar-refractivity contribution in [2.45, 2.75) is 51.0 Å². The van der Waals surface area contributed by atoms with E-state index in [1.807, 2.05) is 44.2 Å². The second-order valence-electron chi connectivity index (χ2n) is 5.23. The molecule has 0 aromatic heterocycles. The summed E-state index contributed by atoms with van der Waals surface area (Å²) in [5, 5.41) is 10.1. The Morgan fingerprint density at radius 3 is 2.68 bits per heavy atom. The van der Waals surface area contributed by atoms with Crippen molar-refractivity contribution < 1.29 is 19.3 Å². The minimum atomic E-state index is -0.644. The number of benzene rings is 1. The van der Waals surface area contributed by atoms with Gasteiger partial charge in [0.05, 0.1) is 18.3 Å². The summed E-state index contributed by atoms with van der Waals surface area (Å²) >= 11 is 0. The molecule has 0 unspecified atom stereocenters. The quantitative estimate of drug-likeness (QED) is 0.906. The first-order valence-corrected chi connectivity index (χ1v) is 6.59. The fraction of sp³-hybridized carbons (Fsp3) is 0.600. The van der Waals surface area contributed by atoms with Crippen LogP contribution in [0.5, 0.6) is 0 Å². The topological polar surface area (TPSA) is 47.9 Å². The molecule has 0 radical (unpaired) electrons. The Bertz CT molecular complexity index is 394. The van der Waals surface area contributed by atoms with Crippen LogP contribution in [0.2, 0.25) is 0 Å². The highest BCUT2D eigenvalue weighted by Gasteiger charge is 2.45. The van der Waals surface area contributed by atoms with E-state index in [1.54, 1.807) is 7.11 Å². The van der Waals surface area contributed by atoms with Crippen LogP contribution in [0.1, 0.15) is 25.8 Å². The number of ether oxygens (including phenoxy) is 3. The van der Waals surface area contributed by atoms with E-state index in [2.05, 4.69) is 0 Å². The summed E-state index contributed by atoms with van der Waals surface area (Å²) < 4.78 is 16.9. The van der Waals surface area contributed by atoms with Crippen molar-refractivity contribution in [1.82, 2.24) is 0 Å². The third kappa shape index (κ3) is 3.34. The number of methoxy groups -OCH3 is 1. The van der Waals surface area contributed by atoms with Gasteiger partial charge in [-0.25, -0.2) is 0 Å². The lowest BCUT2D eigenvalue weighted by molar-refractivity contribution is -0.280. The van der Waals surface area contributed by atoms with Gasteiger partial charge in [0.15, 0.2) is 6.29 Å². The van der Waals surface area contributed by atoms with Gasteiger partial charge in [-0.3, -0.25) is 0 Å². The number of rotatable bonds is 4. The molecule has 2 rings (SSSR count). The van der Waals surface area contributed by atoms with Crippen molar-refractivity contribution in [3.63, 3.8) is 0 Å². The molecule has 0 spiro atoms. The lowest BCUT2D eigenvalue weighted by Gasteiger charge is -2.44. The van der Waals surface area contributed by atoms with E-state index in [9.17, 15) is 5.11 Å². The van der Waals surface area contributed by atoms with Crippen molar-refractivity contribution in [3.8, 4) is 0 Å². The van der Waals surface area contributed by atoms with E-state index in [4.69, 9.17) is 14.2 Å². The molecule has 0 amide bonds. The van der Waals surface area contributed by atoms with Crippen LogP contribution in [-0.4, -0.2) is 36.3 Å². The molecule has 1 aliphatic heterocycles. The fourth-order valence-electron chi connectivity index (χ4n) is 2.38. The molecule has 0 aliphatic carbocycles. The molecule has 1 aromatic rings. The molecule has 1 N–H and O–H groups in total. The molecule has 4 nitrogen and oxygen atoms in total. The second-order valence-corrected chi connectivity index (χ2v) is 5.23. The molecule has 106 valence electrons. The maximum Gasteiger partial charge on any atom is 0.161 e. The highest BCUT2D eigenvalue weighted by atomic mass is 16.7. The molecular weight excluding hydrogens is 244 g/mol. The molecule has 4 heteroatoms. The van der Waals surface area contributed by atoms with Crippen molar-refractivity contribution in [1.29, 1.82) is 0 Å². The van der Waals surface area contributed by atoms with Gasteiger partial charge in [-0.05, 0) is 19.4 Å². The number of aliphatic hydroxyl groups is 1. The predicted octanol–water partition coefficient (Wildman–Crippen LogP) is 2.10. The van der Waals surface area contributed by atoms with Crippen molar-refractivity contribution in [2.75, 3.05) is 7.11 Å². The average Bonchev–Trinajstić information content (AvgIpc) is 2.43. The standard InChI is InChI=1S/C15H22O4/c1-11-14(16)15(2,17-3)9-13(19-11)18-10-12-7-5-4-6-8-12/h4-8,11,13-14,16H,9-10H2,1-3H3/t11-,13+,14-,15+/m0/s1. The Labute approximate surface area is 114 Å². The zero-order valence-corrected chi connectivity index (χ0v) is 11.7. The van der Waals surface area contributed by atoms with Gasteiger partial charge in [0.2, 0.25) is 0 Å². The first-order chi connectivity index (χ1) is 9.05. The summed E-state index contributed by atoms with van der Waals surface area (Å²) in [5.41, 5.74) is 0.475. The van der Waals surface area contributed by atoms with Crippen LogP contribution in [0.3, 0.4) is 0 Å². The molecule has 1 aliphatic rings. The molecule has 4 atom stereocenters.